The Bertz CT molecular complexity index is 203. The molecule has 1 rings (SSSR count). The van der Waals surface area contributed by atoms with Gasteiger partial charge in [0, 0.05) is 5.88 Å². The molecule has 0 spiro atoms. The monoisotopic (exact) mass is 198 g/mol. The molecule has 0 fully saturated rings. The van der Waals surface area contributed by atoms with E-state index in [0.717, 1.165) is 6.04 Å². The average molecular weight is 199 g/mol. The lowest BCUT2D eigenvalue weighted by molar-refractivity contribution is 0.324. The molecular weight excluding hydrogens is 188 g/mol. The van der Waals surface area contributed by atoms with Crippen LogP contribution < -0.4 is 0 Å². The maximum Gasteiger partial charge on any atom is 0.231 e. The van der Waals surface area contributed by atoms with E-state index in [2.05, 4.69) is 12.1 Å². The van der Waals surface area contributed by atoms with Gasteiger partial charge in [-0.2, -0.15) is 0 Å². The molecule has 0 bridgehead atoms. The minimum absolute atomic E-state index is 0.526. The van der Waals surface area contributed by atoms with Crippen LogP contribution in [0.1, 0.15) is 5.56 Å². The molecular formula is C9H11ClOSi. The lowest BCUT2D eigenvalue weighted by atomic mass is 10.2. The van der Waals surface area contributed by atoms with Crippen LogP contribution in [-0.4, -0.2) is 15.6 Å². The maximum atomic E-state index is 5.51. The fourth-order valence-electron chi connectivity index (χ4n) is 0.819. The topological polar surface area (TPSA) is 9.23 Å². The van der Waals surface area contributed by atoms with E-state index in [1.165, 1.54) is 5.56 Å². The number of benzene rings is 1. The van der Waals surface area contributed by atoms with Gasteiger partial charge in [-0.25, -0.2) is 0 Å². The number of alkyl halides is 1. The Morgan fingerprint density at radius 3 is 2.67 bits per heavy atom. The van der Waals surface area contributed by atoms with Gasteiger partial charge in [-0.3, -0.25) is 0 Å². The zero-order valence-electron chi connectivity index (χ0n) is 6.79. The third-order valence-electron chi connectivity index (χ3n) is 1.38. The van der Waals surface area contributed by atoms with Gasteiger partial charge in [0.15, 0.2) is 0 Å². The second-order valence-corrected chi connectivity index (χ2v) is 3.81. The summed E-state index contributed by atoms with van der Waals surface area (Å²) < 4.78 is 5.40. The van der Waals surface area contributed by atoms with Crippen LogP contribution in [-0.2, 0) is 11.0 Å². The first kappa shape index (κ1) is 9.77. The van der Waals surface area contributed by atoms with Crippen molar-refractivity contribution >= 4 is 21.4 Å². The number of hydrogen-bond donors (Lipinski definition) is 0. The number of hydrogen-bond acceptors (Lipinski definition) is 1. The first-order valence-corrected chi connectivity index (χ1v) is 5.53. The molecule has 0 saturated heterocycles. The zero-order chi connectivity index (χ0) is 8.65. The number of rotatable bonds is 5. The van der Waals surface area contributed by atoms with Crippen LogP contribution in [0, 0.1) is 0 Å². The summed E-state index contributed by atoms with van der Waals surface area (Å²) in [7, 11) is 0.526. The third-order valence-corrected chi connectivity index (χ3v) is 2.69. The van der Waals surface area contributed by atoms with Crippen molar-refractivity contribution in [2.24, 2.45) is 0 Å². The third kappa shape index (κ3) is 3.90. The van der Waals surface area contributed by atoms with Gasteiger partial charge in [0.25, 0.3) is 0 Å². The normalized spacial score (nSPS) is 10.1. The molecule has 1 aromatic rings. The molecule has 2 radical (unpaired) electrons. The summed E-state index contributed by atoms with van der Waals surface area (Å²) in [5, 5.41) is 0. The van der Waals surface area contributed by atoms with Crippen molar-refractivity contribution in [3.63, 3.8) is 0 Å². The molecule has 1 aromatic carbocycles. The molecule has 0 heterocycles. The van der Waals surface area contributed by atoms with E-state index >= 15 is 0 Å². The fraction of sp³-hybridized carbons (Fsp3) is 0.333. The summed E-state index contributed by atoms with van der Waals surface area (Å²) in [5.41, 5.74) is 1.22. The Kier molecular flexibility index (Phi) is 5.07. The second kappa shape index (κ2) is 6.23. The second-order valence-electron chi connectivity index (χ2n) is 2.36. The molecule has 0 aliphatic heterocycles. The van der Waals surface area contributed by atoms with Crippen molar-refractivity contribution in [1.82, 2.24) is 0 Å². The molecule has 0 N–H and O–H groups in total. The minimum atomic E-state index is 0.526. The summed E-state index contributed by atoms with van der Waals surface area (Å²) in [6.45, 7) is 0.705. The Hall–Kier alpha value is -0.313. The average Bonchev–Trinajstić information content (AvgIpc) is 2.14. The van der Waals surface area contributed by atoms with Gasteiger partial charge in [-0.1, -0.05) is 30.3 Å². The van der Waals surface area contributed by atoms with E-state index in [-0.39, 0.29) is 0 Å². The zero-order valence-corrected chi connectivity index (χ0v) is 8.55. The minimum Gasteiger partial charge on any atom is -0.413 e. The molecule has 3 heteroatoms. The summed E-state index contributed by atoms with van der Waals surface area (Å²) in [6, 6.07) is 11.1. The molecule has 0 aliphatic rings. The van der Waals surface area contributed by atoms with Crippen LogP contribution in [0.15, 0.2) is 30.3 Å². The number of halogens is 1. The van der Waals surface area contributed by atoms with Gasteiger partial charge >= 0.3 is 0 Å². The van der Waals surface area contributed by atoms with E-state index < -0.39 is 0 Å². The molecule has 12 heavy (non-hydrogen) atoms. The standard InChI is InChI=1S/C9H11ClOSi/c10-6-7-12-11-8-9-4-2-1-3-5-9/h1-5H,6-8H2. The van der Waals surface area contributed by atoms with E-state index in [4.69, 9.17) is 16.0 Å². The van der Waals surface area contributed by atoms with E-state index in [1.807, 2.05) is 18.2 Å². The summed E-state index contributed by atoms with van der Waals surface area (Å²) in [6.07, 6.45) is 0. The molecule has 0 unspecified atom stereocenters. The Balaban J connectivity index is 2.16. The van der Waals surface area contributed by atoms with Crippen molar-refractivity contribution in [3.05, 3.63) is 35.9 Å². The van der Waals surface area contributed by atoms with Crippen molar-refractivity contribution in [2.45, 2.75) is 12.7 Å². The Morgan fingerprint density at radius 1 is 1.25 bits per heavy atom. The van der Waals surface area contributed by atoms with Gasteiger partial charge in [0.05, 0.1) is 6.61 Å². The van der Waals surface area contributed by atoms with Crippen molar-refractivity contribution in [1.29, 1.82) is 0 Å². The molecule has 0 aliphatic carbocycles. The van der Waals surface area contributed by atoms with Crippen LogP contribution in [0.4, 0.5) is 0 Å². The predicted molar refractivity (Wildman–Crippen MR) is 52.5 cm³/mol. The SMILES string of the molecule is ClCC[Si]OCc1ccccc1. The summed E-state index contributed by atoms with van der Waals surface area (Å²) in [4.78, 5) is 0. The highest BCUT2D eigenvalue weighted by Crippen LogP contribution is 2.00. The van der Waals surface area contributed by atoms with Crippen molar-refractivity contribution < 1.29 is 4.43 Å². The highest BCUT2D eigenvalue weighted by molar-refractivity contribution is 6.31. The smallest absolute Gasteiger partial charge is 0.231 e. The molecule has 0 aromatic heterocycles. The quantitative estimate of drug-likeness (QED) is 0.401. The van der Waals surface area contributed by atoms with E-state index in [0.29, 0.717) is 22.3 Å². The van der Waals surface area contributed by atoms with Gasteiger partial charge in [-0.15, -0.1) is 11.6 Å². The molecule has 0 atom stereocenters. The Labute approximate surface area is 80.6 Å². The van der Waals surface area contributed by atoms with Crippen molar-refractivity contribution in [2.75, 3.05) is 5.88 Å². The molecule has 1 nitrogen and oxygen atoms in total. The van der Waals surface area contributed by atoms with Gasteiger partial charge in [0.1, 0.15) is 0 Å². The summed E-state index contributed by atoms with van der Waals surface area (Å²) >= 11 is 5.51. The molecule has 0 saturated carbocycles. The van der Waals surface area contributed by atoms with Crippen molar-refractivity contribution in [3.8, 4) is 0 Å². The lowest BCUT2D eigenvalue weighted by Crippen LogP contribution is -1.98. The van der Waals surface area contributed by atoms with Crippen LogP contribution >= 0.6 is 11.6 Å². The molecule has 64 valence electrons. The summed E-state index contributed by atoms with van der Waals surface area (Å²) in [5.74, 6) is 0.688. The van der Waals surface area contributed by atoms with Crippen LogP contribution in [0.2, 0.25) is 6.04 Å². The van der Waals surface area contributed by atoms with Crippen LogP contribution in [0.3, 0.4) is 0 Å². The van der Waals surface area contributed by atoms with Gasteiger partial charge in [-0.05, 0) is 11.6 Å². The highest BCUT2D eigenvalue weighted by atomic mass is 35.5. The first-order chi connectivity index (χ1) is 5.93. The first-order valence-electron chi connectivity index (χ1n) is 3.88. The van der Waals surface area contributed by atoms with Gasteiger partial charge in [0.2, 0.25) is 9.76 Å². The fourth-order valence-corrected chi connectivity index (χ4v) is 1.54. The lowest BCUT2D eigenvalue weighted by Gasteiger charge is -2.00. The van der Waals surface area contributed by atoms with Gasteiger partial charge < -0.3 is 4.43 Å². The highest BCUT2D eigenvalue weighted by Gasteiger charge is 1.92. The predicted octanol–water partition coefficient (Wildman–Crippen LogP) is 2.48. The van der Waals surface area contributed by atoms with Crippen LogP contribution in [0.5, 0.6) is 0 Å². The van der Waals surface area contributed by atoms with E-state index in [9.17, 15) is 0 Å². The Morgan fingerprint density at radius 2 is 2.00 bits per heavy atom. The van der Waals surface area contributed by atoms with Crippen LogP contribution in [0.25, 0.3) is 0 Å². The molecule has 0 amide bonds. The maximum absolute atomic E-state index is 5.51. The largest absolute Gasteiger partial charge is 0.413 e. The van der Waals surface area contributed by atoms with E-state index in [1.54, 1.807) is 0 Å².